The highest BCUT2D eigenvalue weighted by molar-refractivity contribution is 5.64. The Kier molecular flexibility index (Phi) is 11.3. The third-order valence-corrected chi connectivity index (χ3v) is 8.81. The van der Waals surface area contributed by atoms with Gasteiger partial charge in [-0.15, -0.1) is 0 Å². The van der Waals surface area contributed by atoms with Gasteiger partial charge in [0.25, 0.3) is 0 Å². The first-order valence-corrected chi connectivity index (χ1v) is 15.5. The molecule has 0 saturated heterocycles. The lowest BCUT2D eigenvalue weighted by atomic mass is 9.78. The van der Waals surface area contributed by atoms with Crippen molar-refractivity contribution in [2.75, 3.05) is 0 Å². The Morgan fingerprint density at radius 3 is 1.32 bits per heavy atom. The molecule has 1 aliphatic carbocycles. The lowest BCUT2D eigenvalue weighted by molar-refractivity contribution is 0.249. The minimum atomic E-state index is 0.962. The highest BCUT2D eigenvalue weighted by Gasteiger charge is 2.20. The topological polar surface area (TPSA) is 0 Å². The molecule has 1 fully saturated rings. The second-order valence-electron chi connectivity index (χ2n) is 11.7. The number of rotatable bonds is 14. The van der Waals surface area contributed by atoms with Crippen molar-refractivity contribution in [1.82, 2.24) is 0 Å². The normalized spacial score (nSPS) is 17.7. The van der Waals surface area contributed by atoms with Crippen molar-refractivity contribution < 1.29 is 0 Å². The third kappa shape index (κ3) is 9.17. The van der Waals surface area contributed by atoms with E-state index in [0.717, 1.165) is 24.7 Å². The van der Waals surface area contributed by atoms with Crippen LogP contribution in [0.4, 0.5) is 0 Å². The van der Waals surface area contributed by atoms with Gasteiger partial charge < -0.3 is 0 Å². The second-order valence-corrected chi connectivity index (χ2v) is 11.7. The van der Waals surface area contributed by atoms with Crippen molar-refractivity contribution in [1.29, 1.82) is 0 Å². The fourth-order valence-electron chi connectivity index (χ4n) is 6.13. The van der Waals surface area contributed by atoms with E-state index in [1.807, 2.05) is 0 Å². The maximum atomic E-state index is 2.39. The molecule has 0 aliphatic heterocycles. The molecule has 0 nitrogen and oxygen atoms in total. The summed E-state index contributed by atoms with van der Waals surface area (Å²) in [6.45, 7) is 4.57. The standard InChI is InChI=1S/C37H50/c1-3-5-7-9-31-10-12-32(13-11-31)14-15-33-16-18-34(19-17-33)20-21-35-24-28-37(29-25-35)36-26-22-30(23-27-36)8-6-4-2/h16-19,22-29,31-32H,3-15,20-21H2,1-2H3/t31-,32-. The molecule has 0 aromatic heterocycles. The number of hydrogen-bond acceptors (Lipinski definition) is 0. The first-order valence-electron chi connectivity index (χ1n) is 15.5. The van der Waals surface area contributed by atoms with Gasteiger partial charge in [0.1, 0.15) is 0 Å². The minimum Gasteiger partial charge on any atom is -0.0654 e. The first-order chi connectivity index (χ1) is 18.2. The van der Waals surface area contributed by atoms with Crippen LogP contribution in [-0.4, -0.2) is 0 Å². The Morgan fingerprint density at radius 1 is 0.432 bits per heavy atom. The van der Waals surface area contributed by atoms with E-state index >= 15 is 0 Å². The van der Waals surface area contributed by atoms with Crippen molar-refractivity contribution in [2.45, 2.75) is 110 Å². The van der Waals surface area contributed by atoms with Crippen molar-refractivity contribution in [3.05, 3.63) is 95.1 Å². The lowest BCUT2D eigenvalue weighted by Crippen LogP contribution is -2.15. The van der Waals surface area contributed by atoms with Gasteiger partial charge in [0.15, 0.2) is 0 Å². The van der Waals surface area contributed by atoms with Crippen LogP contribution in [-0.2, 0) is 25.7 Å². The van der Waals surface area contributed by atoms with Gasteiger partial charge in [0.05, 0.1) is 0 Å². The van der Waals surface area contributed by atoms with Gasteiger partial charge in [-0.05, 0) is 83.7 Å². The zero-order chi connectivity index (χ0) is 25.7. The molecule has 0 bridgehead atoms. The summed E-state index contributed by atoms with van der Waals surface area (Å²) in [5.74, 6) is 1.99. The molecule has 0 spiro atoms. The molecule has 0 heteroatoms. The Labute approximate surface area is 227 Å². The molecule has 0 amide bonds. The largest absolute Gasteiger partial charge is 0.0654 e. The van der Waals surface area contributed by atoms with E-state index in [9.17, 15) is 0 Å². The molecule has 0 heterocycles. The van der Waals surface area contributed by atoms with Crippen LogP contribution < -0.4 is 0 Å². The van der Waals surface area contributed by atoms with Crippen LogP contribution in [0.2, 0.25) is 0 Å². The molecule has 1 aliphatic rings. The molecule has 0 N–H and O–H groups in total. The second kappa shape index (κ2) is 15.2. The van der Waals surface area contributed by atoms with Crippen molar-refractivity contribution >= 4 is 0 Å². The summed E-state index contributed by atoms with van der Waals surface area (Å²) in [6, 6.07) is 27.9. The van der Waals surface area contributed by atoms with Gasteiger partial charge in [0, 0.05) is 0 Å². The molecule has 3 aromatic carbocycles. The van der Waals surface area contributed by atoms with Crippen molar-refractivity contribution in [3.8, 4) is 11.1 Å². The van der Waals surface area contributed by atoms with E-state index in [2.05, 4.69) is 86.6 Å². The molecule has 198 valence electrons. The zero-order valence-corrected chi connectivity index (χ0v) is 23.7. The summed E-state index contributed by atoms with van der Waals surface area (Å²) < 4.78 is 0. The van der Waals surface area contributed by atoms with Crippen LogP contribution in [0.5, 0.6) is 0 Å². The van der Waals surface area contributed by atoms with E-state index < -0.39 is 0 Å². The van der Waals surface area contributed by atoms with Crippen LogP contribution >= 0.6 is 0 Å². The summed E-state index contributed by atoms with van der Waals surface area (Å²) in [4.78, 5) is 0. The van der Waals surface area contributed by atoms with Crippen LogP contribution in [0.15, 0.2) is 72.8 Å². The SMILES string of the molecule is CCCCC[C@H]1CC[C@H](CCc2ccc(CCc3ccc(-c4ccc(CCCC)cc4)cc3)cc2)CC1. The maximum absolute atomic E-state index is 2.39. The van der Waals surface area contributed by atoms with Gasteiger partial charge in [-0.25, -0.2) is 0 Å². The van der Waals surface area contributed by atoms with E-state index in [1.54, 1.807) is 0 Å². The van der Waals surface area contributed by atoms with Gasteiger partial charge in [-0.1, -0.05) is 144 Å². The predicted octanol–water partition coefficient (Wildman–Crippen LogP) is 10.8. The summed E-state index contributed by atoms with van der Waals surface area (Å²) >= 11 is 0. The van der Waals surface area contributed by atoms with E-state index in [-0.39, 0.29) is 0 Å². The van der Waals surface area contributed by atoms with Crippen molar-refractivity contribution in [3.63, 3.8) is 0 Å². The summed E-state index contributed by atoms with van der Waals surface area (Å²) in [7, 11) is 0. The molecule has 0 atom stereocenters. The van der Waals surface area contributed by atoms with Crippen LogP contribution in [0, 0.1) is 11.8 Å². The van der Waals surface area contributed by atoms with E-state index in [0.29, 0.717) is 0 Å². The molecule has 0 radical (unpaired) electrons. The number of benzene rings is 3. The van der Waals surface area contributed by atoms with Crippen LogP contribution in [0.1, 0.15) is 107 Å². The quantitative estimate of drug-likeness (QED) is 0.195. The Bertz CT molecular complexity index is 1000. The first kappa shape index (κ1) is 27.7. The Morgan fingerprint density at radius 2 is 0.838 bits per heavy atom. The van der Waals surface area contributed by atoms with Gasteiger partial charge in [-0.3, -0.25) is 0 Å². The van der Waals surface area contributed by atoms with Crippen LogP contribution in [0.25, 0.3) is 11.1 Å². The smallest absolute Gasteiger partial charge is 0.0184 e. The molecular formula is C37H50. The van der Waals surface area contributed by atoms with Crippen molar-refractivity contribution in [2.24, 2.45) is 11.8 Å². The number of unbranched alkanes of at least 4 members (excludes halogenated alkanes) is 3. The Balaban J connectivity index is 1.17. The summed E-state index contributed by atoms with van der Waals surface area (Å²) in [6.07, 6.45) is 20.2. The van der Waals surface area contributed by atoms with E-state index in [4.69, 9.17) is 0 Å². The van der Waals surface area contributed by atoms with Gasteiger partial charge in [-0.2, -0.15) is 0 Å². The fraction of sp³-hybridized carbons (Fsp3) is 0.514. The molecule has 37 heavy (non-hydrogen) atoms. The number of hydrogen-bond donors (Lipinski definition) is 0. The van der Waals surface area contributed by atoms with E-state index in [1.165, 1.54) is 117 Å². The highest BCUT2D eigenvalue weighted by Crippen LogP contribution is 2.34. The summed E-state index contributed by atoms with van der Waals surface area (Å²) in [5, 5.41) is 0. The maximum Gasteiger partial charge on any atom is -0.0184 e. The average molecular weight is 495 g/mol. The Hall–Kier alpha value is -2.34. The number of aryl methyl sites for hydroxylation is 4. The zero-order valence-electron chi connectivity index (χ0n) is 23.7. The monoisotopic (exact) mass is 494 g/mol. The van der Waals surface area contributed by atoms with Gasteiger partial charge in [0.2, 0.25) is 0 Å². The van der Waals surface area contributed by atoms with Crippen LogP contribution in [0.3, 0.4) is 0 Å². The van der Waals surface area contributed by atoms with Gasteiger partial charge >= 0.3 is 0 Å². The lowest BCUT2D eigenvalue weighted by Gasteiger charge is -2.28. The molecule has 0 unspecified atom stereocenters. The predicted molar refractivity (Wildman–Crippen MR) is 162 cm³/mol. The third-order valence-electron chi connectivity index (χ3n) is 8.81. The minimum absolute atomic E-state index is 0.962. The average Bonchev–Trinajstić information content (AvgIpc) is 2.96. The highest BCUT2D eigenvalue weighted by atomic mass is 14.3. The fourth-order valence-corrected chi connectivity index (χ4v) is 6.13. The summed E-state index contributed by atoms with van der Waals surface area (Å²) in [5.41, 5.74) is 8.51. The molecule has 3 aromatic rings. The molecule has 4 rings (SSSR count). The molecular weight excluding hydrogens is 444 g/mol. The molecule has 1 saturated carbocycles.